The molecule has 0 aliphatic rings. The first-order valence-electron chi connectivity index (χ1n) is 8.09. The molecule has 0 radical (unpaired) electrons. The zero-order valence-electron chi connectivity index (χ0n) is 13.9. The number of carbonyl (C=O) groups is 2. The lowest BCUT2D eigenvalue weighted by molar-refractivity contribution is -0.117. The Hall–Kier alpha value is -3.61. The van der Waals surface area contributed by atoms with E-state index in [1.807, 2.05) is 12.1 Å². The number of hydrogen-bond acceptors (Lipinski definition) is 4. The van der Waals surface area contributed by atoms with Gasteiger partial charge in [-0.3, -0.25) is 14.6 Å². The third-order valence-electron chi connectivity index (χ3n) is 3.61. The molecule has 3 aromatic rings. The molecule has 3 heterocycles. The van der Waals surface area contributed by atoms with Crippen LogP contribution in [-0.4, -0.2) is 28.3 Å². The van der Waals surface area contributed by atoms with Gasteiger partial charge in [-0.25, -0.2) is 0 Å². The molecule has 7 nitrogen and oxygen atoms in total. The molecule has 3 rings (SSSR count). The second kappa shape index (κ2) is 8.48. The van der Waals surface area contributed by atoms with E-state index in [1.54, 1.807) is 42.9 Å². The number of rotatable bonds is 7. The molecule has 0 fully saturated rings. The highest BCUT2D eigenvalue weighted by Crippen LogP contribution is 2.06. The van der Waals surface area contributed by atoms with Gasteiger partial charge in [-0.15, -0.1) is 0 Å². The van der Waals surface area contributed by atoms with Crippen LogP contribution in [0.25, 0.3) is 6.08 Å². The van der Waals surface area contributed by atoms with Crippen molar-refractivity contribution in [3.63, 3.8) is 0 Å². The van der Waals surface area contributed by atoms with E-state index >= 15 is 0 Å². The summed E-state index contributed by atoms with van der Waals surface area (Å²) in [5, 5.41) is 5.40. The van der Waals surface area contributed by atoms with Gasteiger partial charge in [-0.2, -0.15) is 0 Å². The Labute approximate surface area is 150 Å². The van der Waals surface area contributed by atoms with Crippen molar-refractivity contribution in [1.29, 1.82) is 0 Å². The summed E-state index contributed by atoms with van der Waals surface area (Å²) < 4.78 is 5.07. The average Bonchev–Trinajstić information content (AvgIpc) is 3.36. The van der Waals surface area contributed by atoms with Crippen molar-refractivity contribution in [2.24, 2.45) is 0 Å². The molecule has 2 amide bonds. The Balaban J connectivity index is 1.66. The van der Waals surface area contributed by atoms with Crippen LogP contribution in [0, 0.1) is 0 Å². The minimum Gasteiger partial charge on any atom is -0.459 e. The first kappa shape index (κ1) is 17.2. The number of aromatic amines is 1. The molecule has 0 unspecified atom stereocenters. The van der Waals surface area contributed by atoms with Crippen LogP contribution < -0.4 is 10.6 Å². The second-order valence-corrected chi connectivity index (χ2v) is 5.48. The van der Waals surface area contributed by atoms with Gasteiger partial charge in [0.25, 0.3) is 11.8 Å². The molecule has 0 saturated heterocycles. The van der Waals surface area contributed by atoms with E-state index in [1.165, 1.54) is 12.3 Å². The van der Waals surface area contributed by atoms with Crippen LogP contribution in [0.15, 0.2) is 71.4 Å². The maximum absolute atomic E-state index is 12.5. The van der Waals surface area contributed by atoms with Gasteiger partial charge in [0.05, 0.1) is 6.26 Å². The van der Waals surface area contributed by atoms with Crippen LogP contribution >= 0.6 is 0 Å². The number of furan rings is 1. The largest absolute Gasteiger partial charge is 0.459 e. The van der Waals surface area contributed by atoms with Gasteiger partial charge in [0.15, 0.2) is 5.76 Å². The maximum atomic E-state index is 12.5. The molecule has 26 heavy (non-hydrogen) atoms. The third-order valence-corrected chi connectivity index (χ3v) is 3.61. The first-order valence-corrected chi connectivity index (χ1v) is 8.09. The zero-order valence-corrected chi connectivity index (χ0v) is 13.9. The SMILES string of the molecule is O=C(NCCc1ccncc1)/C(=C/c1ccc[nH]1)NC(=O)c1ccco1. The van der Waals surface area contributed by atoms with E-state index in [-0.39, 0.29) is 17.4 Å². The molecule has 0 aromatic carbocycles. The highest BCUT2D eigenvalue weighted by Gasteiger charge is 2.16. The van der Waals surface area contributed by atoms with Gasteiger partial charge >= 0.3 is 0 Å². The molecule has 7 heteroatoms. The van der Waals surface area contributed by atoms with Crippen LogP contribution in [0.4, 0.5) is 0 Å². The highest BCUT2D eigenvalue weighted by molar-refractivity contribution is 6.04. The van der Waals surface area contributed by atoms with Crippen molar-refractivity contribution in [2.45, 2.75) is 6.42 Å². The molecular formula is C19H18N4O3. The Morgan fingerprint density at radius 1 is 1.15 bits per heavy atom. The number of nitrogens with zero attached hydrogens (tertiary/aromatic N) is 1. The van der Waals surface area contributed by atoms with Crippen LogP contribution in [-0.2, 0) is 11.2 Å². The molecule has 132 valence electrons. The molecule has 3 aromatic heterocycles. The van der Waals surface area contributed by atoms with Crippen molar-refractivity contribution >= 4 is 17.9 Å². The molecule has 3 N–H and O–H groups in total. The summed E-state index contributed by atoms with van der Waals surface area (Å²) in [7, 11) is 0. The van der Waals surface area contributed by atoms with Gasteiger partial charge in [0.1, 0.15) is 5.70 Å². The summed E-state index contributed by atoms with van der Waals surface area (Å²) in [6.45, 7) is 0.432. The minimum atomic E-state index is -0.489. The molecule has 0 bridgehead atoms. The highest BCUT2D eigenvalue weighted by atomic mass is 16.3. The molecule has 0 saturated carbocycles. The van der Waals surface area contributed by atoms with Crippen molar-refractivity contribution in [1.82, 2.24) is 20.6 Å². The molecule has 0 spiro atoms. The molecule has 0 aliphatic heterocycles. The van der Waals surface area contributed by atoms with E-state index in [0.717, 1.165) is 5.56 Å². The lowest BCUT2D eigenvalue weighted by Gasteiger charge is -2.10. The van der Waals surface area contributed by atoms with Gasteiger partial charge in [-0.05, 0) is 54.5 Å². The number of hydrogen-bond donors (Lipinski definition) is 3. The maximum Gasteiger partial charge on any atom is 0.291 e. The van der Waals surface area contributed by atoms with Crippen LogP contribution in [0.5, 0.6) is 0 Å². The summed E-state index contributed by atoms with van der Waals surface area (Å²) in [6.07, 6.45) is 8.78. The van der Waals surface area contributed by atoms with E-state index in [2.05, 4.69) is 20.6 Å². The summed E-state index contributed by atoms with van der Waals surface area (Å²) >= 11 is 0. The fourth-order valence-electron chi connectivity index (χ4n) is 2.30. The van der Waals surface area contributed by atoms with Gasteiger partial charge in [0.2, 0.25) is 0 Å². The van der Waals surface area contributed by atoms with Crippen LogP contribution in [0.3, 0.4) is 0 Å². The fraction of sp³-hybridized carbons (Fsp3) is 0.105. The van der Waals surface area contributed by atoms with Gasteiger partial charge in [-0.1, -0.05) is 0 Å². The molecule has 0 aliphatic carbocycles. The Kier molecular flexibility index (Phi) is 5.61. The number of H-pyrrole nitrogens is 1. The lowest BCUT2D eigenvalue weighted by Crippen LogP contribution is -2.35. The normalized spacial score (nSPS) is 11.2. The molecule has 0 atom stereocenters. The number of aromatic nitrogens is 2. The Morgan fingerprint density at radius 2 is 2.00 bits per heavy atom. The summed E-state index contributed by atoms with van der Waals surface area (Å²) in [6, 6.07) is 10.5. The van der Waals surface area contributed by atoms with Crippen molar-refractivity contribution in [3.8, 4) is 0 Å². The monoisotopic (exact) mass is 350 g/mol. The fourth-order valence-corrected chi connectivity index (χ4v) is 2.30. The second-order valence-electron chi connectivity index (χ2n) is 5.48. The Morgan fingerprint density at radius 3 is 2.69 bits per heavy atom. The first-order chi connectivity index (χ1) is 12.7. The van der Waals surface area contributed by atoms with Crippen LogP contribution in [0.2, 0.25) is 0 Å². The smallest absolute Gasteiger partial charge is 0.291 e. The number of pyridine rings is 1. The van der Waals surface area contributed by atoms with Crippen molar-refractivity contribution in [3.05, 3.63) is 84.0 Å². The van der Waals surface area contributed by atoms with E-state index in [9.17, 15) is 9.59 Å². The summed E-state index contributed by atoms with van der Waals surface area (Å²) in [5.74, 6) is -0.738. The zero-order chi connectivity index (χ0) is 18.2. The van der Waals surface area contributed by atoms with E-state index in [0.29, 0.717) is 18.7 Å². The summed E-state index contributed by atoms with van der Waals surface area (Å²) in [5.41, 5.74) is 1.89. The quantitative estimate of drug-likeness (QED) is 0.568. The minimum absolute atomic E-state index is 0.128. The van der Waals surface area contributed by atoms with Gasteiger partial charge in [0, 0.05) is 30.8 Å². The Bertz CT molecular complexity index is 869. The van der Waals surface area contributed by atoms with E-state index in [4.69, 9.17) is 4.42 Å². The topological polar surface area (TPSA) is 100 Å². The third kappa shape index (κ3) is 4.70. The number of carbonyl (C=O) groups excluding carboxylic acids is 2. The van der Waals surface area contributed by atoms with Crippen molar-refractivity contribution < 1.29 is 14.0 Å². The summed E-state index contributed by atoms with van der Waals surface area (Å²) in [4.78, 5) is 31.6. The van der Waals surface area contributed by atoms with Crippen LogP contribution in [0.1, 0.15) is 21.8 Å². The number of amides is 2. The van der Waals surface area contributed by atoms with Crippen molar-refractivity contribution in [2.75, 3.05) is 6.54 Å². The standard InChI is InChI=1S/C19H18N4O3/c24-18(22-11-7-14-5-9-20-10-6-14)16(13-15-3-1-8-21-15)23-19(25)17-4-2-12-26-17/h1-6,8-10,12-13,21H,7,11H2,(H,22,24)(H,23,25)/b16-13-. The van der Waals surface area contributed by atoms with Gasteiger partial charge < -0.3 is 20.0 Å². The van der Waals surface area contributed by atoms with E-state index < -0.39 is 5.91 Å². The lowest BCUT2D eigenvalue weighted by atomic mass is 10.2. The predicted octanol–water partition coefficient (Wildman–Crippen LogP) is 2.13. The number of nitrogens with one attached hydrogen (secondary N) is 3. The molecular weight excluding hydrogens is 332 g/mol. The average molecular weight is 350 g/mol. The predicted molar refractivity (Wildman–Crippen MR) is 95.9 cm³/mol.